The summed E-state index contributed by atoms with van der Waals surface area (Å²) in [5.74, 6) is 1.89. The van der Waals surface area contributed by atoms with Gasteiger partial charge in [0.15, 0.2) is 5.16 Å². The molecule has 9 heteroatoms. The zero-order valence-corrected chi connectivity index (χ0v) is 23.0. The number of para-hydroxylation sites is 2. The molecule has 0 aliphatic rings. The molecule has 7 nitrogen and oxygen atoms in total. The van der Waals surface area contributed by atoms with E-state index in [4.69, 9.17) is 4.74 Å². The highest BCUT2D eigenvalue weighted by Crippen LogP contribution is 2.31. The van der Waals surface area contributed by atoms with Gasteiger partial charge in [0.05, 0.1) is 18.6 Å². The molecule has 5 aromatic rings. The predicted molar refractivity (Wildman–Crippen MR) is 153 cm³/mol. The molecule has 0 saturated carbocycles. The van der Waals surface area contributed by atoms with Crippen LogP contribution in [0.4, 0.5) is 5.69 Å². The first-order chi connectivity index (χ1) is 18.5. The lowest BCUT2D eigenvalue weighted by molar-refractivity contribution is 0.102. The van der Waals surface area contributed by atoms with Gasteiger partial charge in [0.1, 0.15) is 22.3 Å². The lowest BCUT2D eigenvalue weighted by Gasteiger charge is -2.13. The number of hydrogen-bond acceptors (Lipinski definition) is 7. The second-order valence-electron chi connectivity index (χ2n) is 8.74. The van der Waals surface area contributed by atoms with Crippen LogP contribution in [0, 0.1) is 13.8 Å². The topological polar surface area (TPSA) is 81.9 Å². The molecule has 0 aliphatic heterocycles. The van der Waals surface area contributed by atoms with Crippen LogP contribution in [-0.4, -0.2) is 32.8 Å². The molecule has 1 amide bonds. The predicted octanol–water partition coefficient (Wildman–Crippen LogP) is 6.48. The van der Waals surface area contributed by atoms with Crippen molar-refractivity contribution in [3.8, 4) is 11.4 Å². The van der Waals surface area contributed by atoms with Crippen molar-refractivity contribution in [1.29, 1.82) is 0 Å². The number of thioether (sulfide) groups is 1. The first-order valence-electron chi connectivity index (χ1n) is 12.1. The zero-order chi connectivity index (χ0) is 26.5. The molecular weight excluding hydrogens is 514 g/mol. The van der Waals surface area contributed by atoms with Crippen LogP contribution in [0.1, 0.15) is 38.0 Å². The molecule has 5 rings (SSSR count). The quantitative estimate of drug-likeness (QED) is 0.215. The molecule has 0 spiro atoms. The van der Waals surface area contributed by atoms with Crippen LogP contribution in [0.15, 0.2) is 83.3 Å². The molecule has 0 unspecified atom stereocenters. The van der Waals surface area contributed by atoms with E-state index in [9.17, 15) is 4.79 Å². The SMILES string of the molecule is COc1ccccc1-n1c(Cc2ccccc2)nnc1SCc1nc(C(=O)Nc2ccc(C)c(C)c2)cs1. The number of thiazole rings is 1. The number of nitrogens with one attached hydrogen (secondary N) is 1. The Hall–Kier alpha value is -3.95. The fraction of sp³-hybridized carbons (Fsp3) is 0.172. The molecule has 2 heterocycles. The molecule has 0 radical (unpaired) electrons. The third-order valence-electron chi connectivity index (χ3n) is 6.11. The molecule has 38 heavy (non-hydrogen) atoms. The number of amides is 1. The number of rotatable bonds is 9. The molecule has 0 aliphatic carbocycles. The number of methoxy groups -OCH3 is 1. The van der Waals surface area contributed by atoms with Crippen LogP contribution in [0.5, 0.6) is 5.75 Å². The Labute approximate surface area is 229 Å². The summed E-state index contributed by atoms with van der Waals surface area (Å²) in [5, 5.41) is 15.3. The maximum absolute atomic E-state index is 12.8. The number of ether oxygens (including phenoxy) is 1. The number of anilines is 1. The average Bonchev–Trinajstić information content (AvgIpc) is 3.57. The summed E-state index contributed by atoms with van der Waals surface area (Å²) in [6, 6.07) is 23.9. The number of aromatic nitrogens is 4. The monoisotopic (exact) mass is 541 g/mol. The van der Waals surface area contributed by atoms with Gasteiger partial charge in [0.2, 0.25) is 0 Å². The van der Waals surface area contributed by atoms with Gasteiger partial charge in [-0.15, -0.1) is 21.5 Å². The molecule has 0 bridgehead atoms. The molecule has 0 atom stereocenters. The van der Waals surface area contributed by atoms with Crippen molar-refractivity contribution < 1.29 is 9.53 Å². The normalized spacial score (nSPS) is 10.9. The van der Waals surface area contributed by atoms with E-state index >= 15 is 0 Å². The highest BCUT2D eigenvalue weighted by molar-refractivity contribution is 7.98. The molecule has 3 aromatic carbocycles. The van der Waals surface area contributed by atoms with E-state index in [1.165, 1.54) is 28.7 Å². The van der Waals surface area contributed by atoms with E-state index in [0.717, 1.165) is 44.2 Å². The van der Waals surface area contributed by atoms with Gasteiger partial charge in [-0.3, -0.25) is 9.36 Å². The molecule has 2 aromatic heterocycles. The number of carbonyl (C=O) groups is 1. The minimum atomic E-state index is -0.219. The number of nitrogens with zero attached hydrogens (tertiary/aromatic N) is 4. The summed E-state index contributed by atoms with van der Waals surface area (Å²) in [5.41, 5.74) is 5.50. The summed E-state index contributed by atoms with van der Waals surface area (Å²) in [6.45, 7) is 4.07. The van der Waals surface area contributed by atoms with Gasteiger partial charge in [-0.25, -0.2) is 4.98 Å². The van der Waals surface area contributed by atoms with Crippen molar-refractivity contribution in [2.45, 2.75) is 31.2 Å². The Morgan fingerprint density at radius 3 is 2.58 bits per heavy atom. The Morgan fingerprint density at radius 2 is 1.79 bits per heavy atom. The summed E-state index contributed by atoms with van der Waals surface area (Å²) < 4.78 is 7.68. The number of aryl methyl sites for hydroxylation is 2. The number of benzene rings is 3. The van der Waals surface area contributed by atoms with Gasteiger partial charge in [-0.2, -0.15) is 0 Å². The van der Waals surface area contributed by atoms with Gasteiger partial charge in [-0.1, -0.05) is 60.3 Å². The van der Waals surface area contributed by atoms with Crippen LogP contribution in [0.2, 0.25) is 0 Å². The van der Waals surface area contributed by atoms with Crippen molar-refractivity contribution in [2.24, 2.45) is 0 Å². The number of hydrogen-bond donors (Lipinski definition) is 1. The average molecular weight is 542 g/mol. The second-order valence-corrected chi connectivity index (χ2v) is 10.6. The Balaban J connectivity index is 1.35. The first-order valence-corrected chi connectivity index (χ1v) is 14.0. The van der Waals surface area contributed by atoms with Gasteiger partial charge >= 0.3 is 0 Å². The van der Waals surface area contributed by atoms with Crippen molar-refractivity contribution in [3.05, 3.63) is 111 Å². The fourth-order valence-corrected chi connectivity index (χ4v) is 5.72. The molecule has 192 valence electrons. The zero-order valence-electron chi connectivity index (χ0n) is 21.3. The molecule has 0 fully saturated rings. The Kier molecular flexibility index (Phi) is 7.86. The summed E-state index contributed by atoms with van der Waals surface area (Å²) in [6.07, 6.45) is 0.631. The van der Waals surface area contributed by atoms with E-state index in [1.807, 2.05) is 79.1 Å². The van der Waals surface area contributed by atoms with Crippen molar-refractivity contribution in [3.63, 3.8) is 0 Å². The van der Waals surface area contributed by atoms with E-state index in [-0.39, 0.29) is 5.91 Å². The summed E-state index contributed by atoms with van der Waals surface area (Å²) in [4.78, 5) is 17.3. The van der Waals surface area contributed by atoms with E-state index in [0.29, 0.717) is 17.9 Å². The summed E-state index contributed by atoms with van der Waals surface area (Å²) in [7, 11) is 1.66. The van der Waals surface area contributed by atoms with E-state index in [1.54, 1.807) is 12.5 Å². The van der Waals surface area contributed by atoms with Gasteiger partial charge in [-0.05, 0) is 54.8 Å². The summed E-state index contributed by atoms with van der Waals surface area (Å²) >= 11 is 2.99. The minimum absolute atomic E-state index is 0.219. The lowest BCUT2D eigenvalue weighted by atomic mass is 10.1. The van der Waals surface area contributed by atoms with E-state index in [2.05, 4.69) is 32.6 Å². The largest absolute Gasteiger partial charge is 0.495 e. The van der Waals surface area contributed by atoms with Gasteiger partial charge < -0.3 is 10.1 Å². The van der Waals surface area contributed by atoms with Crippen LogP contribution in [0.3, 0.4) is 0 Å². The van der Waals surface area contributed by atoms with Gasteiger partial charge in [0, 0.05) is 17.5 Å². The van der Waals surface area contributed by atoms with Crippen LogP contribution in [0.25, 0.3) is 5.69 Å². The van der Waals surface area contributed by atoms with Crippen LogP contribution >= 0.6 is 23.1 Å². The first kappa shape index (κ1) is 25.7. The highest BCUT2D eigenvalue weighted by Gasteiger charge is 2.19. The highest BCUT2D eigenvalue weighted by atomic mass is 32.2. The second kappa shape index (κ2) is 11.6. The minimum Gasteiger partial charge on any atom is -0.495 e. The molecular formula is C29H27N5O2S2. The third kappa shape index (κ3) is 5.79. The smallest absolute Gasteiger partial charge is 0.275 e. The standard InChI is InChI=1S/C29H27N5O2S2/c1-19-13-14-22(15-20(19)2)30-28(35)23-17-37-27(31-23)18-38-29-33-32-26(16-21-9-5-4-6-10-21)34(29)24-11-7-8-12-25(24)36-3/h4-15,17H,16,18H2,1-3H3,(H,30,35). The third-order valence-corrected chi connectivity index (χ3v) is 8.08. The Morgan fingerprint density at radius 1 is 1.00 bits per heavy atom. The van der Waals surface area contributed by atoms with Crippen molar-refractivity contribution in [2.75, 3.05) is 12.4 Å². The van der Waals surface area contributed by atoms with E-state index < -0.39 is 0 Å². The number of carbonyl (C=O) groups excluding carboxylic acids is 1. The fourth-order valence-electron chi connectivity index (χ4n) is 3.97. The lowest BCUT2D eigenvalue weighted by Crippen LogP contribution is -2.12. The van der Waals surface area contributed by atoms with Crippen molar-refractivity contribution >= 4 is 34.7 Å². The molecule has 1 N–H and O–H groups in total. The Bertz CT molecular complexity index is 1560. The maximum Gasteiger partial charge on any atom is 0.275 e. The van der Waals surface area contributed by atoms with Crippen LogP contribution < -0.4 is 10.1 Å². The van der Waals surface area contributed by atoms with Crippen LogP contribution in [-0.2, 0) is 12.2 Å². The van der Waals surface area contributed by atoms with Gasteiger partial charge in [0.25, 0.3) is 5.91 Å². The molecule has 0 saturated heterocycles. The van der Waals surface area contributed by atoms with Crippen molar-refractivity contribution in [1.82, 2.24) is 19.7 Å². The maximum atomic E-state index is 12.8.